The van der Waals surface area contributed by atoms with Gasteiger partial charge in [-0.2, -0.15) is 18.2 Å². The molecule has 3 atom stereocenters. The van der Waals surface area contributed by atoms with E-state index in [1.54, 1.807) is 12.1 Å². The van der Waals surface area contributed by atoms with Gasteiger partial charge in [0, 0.05) is 31.4 Å². The fourth-order valence-corrected chi connectivity index (χ4v) is 5.56. The average molecular weight is 585 g/mol. The van der Waals surface area contributed by atoms with Gasteiger partial charge in [0.05, 0.1) is 6.04 Å². The Kier molecular flexibility index (Phi) is 12.0. The molecule has 1 amide bonds. The van der Waals surface area contributed by atoms with E-state index >= 15 is 0 Å². The van der Waals surface area contributed by atoms with Crippen molar-refractivity contribution in [2.24, 2.45) is 5.92 Å². The zero-order valence-electron chi connectivity index (χ0n) is 22.9. The number of thiol groups is 1. The van der Waals surface area contributed by atoms with Gasteiger partial charge in [0.15, 0.2) is 0 Å². The van der Waals surface area contributed by atoms with Crippen LogP contribution in [0.15, 0.2) is 30.5 Å². The van der Waals surface area contributed by atoms with Crippen molar-refractivity contribution in [3.63, 3.8) is 0 Å². The first kappa shape index (κ1) is 31.6. The van der Waals surface area contributed by atoms with E-state index < -0.39 is 22.6 Å². The van der Waals surface area contributed by atoms with Crippen molar-refractivity contribution in [1.29, 1.82) is 0 Å². The van der Waals surface area contributed by atoms with E-state index in [1.165, 1.54) is 6.92 Å². The summed E-state index contributed by atoms with van der Waals surface area (Å²) in [5.74, 6) is -0.267. The van der Waals surface area contributed by atoms with Gasteiger partial charge in [-0.15, -0.1) is 0 Å². The predicted molar refractivity (Wildman–Crippen MR) is 150 cm³/mol. The molecule has 1 aromatic carbocycles. The number of aromatic nitrogens is 2. The maximum Gasteiger partial charge on any atom is 0.421 e. The Morgan fingerprint density at radius 3 is 2.33 bits per heavy atom. The topological polar surface area (TPSA) is 125 Å². The Hall–Kier alpha value is -2.93. The number of carbonyl (C=O) groups is 1. The molecule has 0 bridgehead atoms. The molecule has 1 aliphatic rings. The number of carbonyl (C=O) groups excluding carboxylic acids is 1. The number of rotatable bonds is 9. The van der Waals surface area contributed by atoms with Crippen molar-refractivity contribution in [2.45, 2.75) is 89.9 Å². The lowest BCUT2D eigenvalue weighted by Gasteiger charge is -2.21. The maximum atomic E-state index is 13.8. The van der Waals surface area contributed by atoms with Crippen molar-refractivity contribution < 1.29 is 26.4 Å². The number of alkyl halides is 3. The Labute approximate surface area is 235 Å². The molecule has 0 spiro atoms. The molecule has 3 rings (SSSR count). The molecule has 1 aromatic heterocycles. The Bertz CT molecular complexity index is 1170. The molecule has 2 unspecified atom stereocenters. The summed E-state index contributed by atoms with van der Waals surface area (Å²) in [5, 5.41) is 8.69. The van der Waals surface area contributed by atoms with Crippen molar-refractivity contribution >= 4 is 34.3 Å². The van der Waals surface area contributed by atoms with Gasteiger partial charge in [-0.3, -0.25) is 4.79 Å². The summed E-state index contributed by atoms with van der Waals surface area (Å²) in [5.41, 5.74) is 0.537. The lowest BCUT2D eigenvalue weighted by Crippen LogP contribution is -2.28. The molecule has 1 saturated carbocycles. The van der Waals surface area contributed by atoms with Gasteiger partial charge in [-0.1, -0.05) is 44.2 Å². The number of nitrogens with one attached hydrogen (secondary N) is 4. The number of halogens is 3. The van der Waals surface area contributed by atoms with E-state index in [0.29, 0.717) is 18.7 Å². The first-order valence-corrected chi connectivity index (χ1v) is 14.9. The summed E-state index contributed by atoms with van der Waals surface area (Å²) in [6.07, 6.45) is 4.03. The Morgan fingerprint density at radius 1 is 1.02 bits per heavy atom. The van der Waals surface area contributed by atoms with E-state index in [2.05, 4.69) is 30.6 Å². The predicted octanol–water partition coefficient (Wildman–Crippen LogP) is 5.47. The van der Waals surface area contributed by atoms with Crippen molar-refractivity contribution in [2.75, 3.05) is 17.2 Å². The van der Waals surface area contributed by atoms with Crippen LogP contribution < -0.4 is 20.7 Å². The summed E-state index contributed by atoms with van der Waals surface area (Å²) >= 11 is 0. The zero-order chi connectivity index (χ0) is 29.1. The van der Waals surface area contributed by atoms with Gasteiger partial charge in [-0.25, -0.2) is 18.1 Å². The molecule has 0 radical (unpaired) electrons. The SMILES string of the molecule is CC(=O)N[C@H](C)c1ccc(Nc2ncc(C(F)(F)F)c(NCC3CCCCCCC(N[SH](=O)=O)CCC3)n2)cc1. The van der Waals surface area contributed by atoms with Crippen LogP contribution in [0.2, 0.25) is 0 Å². The lowest BCUT2D eigenvalue weighted by atomic mass is 9.95. The van der Waals surface area contributed by atoms with Crippen LogP contribution in [0.3, 0.4) is 0 Å². The zero-order valence-corrected chi connectivity index (χ0v) is 23.8. The molecule has 222 valence electrons. The molecule has 0 aliphatic heterocycles. The van der Waals surface area contributed by atoms with Gasteiger partial charge in [-0.05, 0) is 56.2 Å². The van der Waals surface area contributed by atoms with E-state index in [9.17, 15) is 26.4 Å². The van der Waals surface area contributed by atoms with Crippen LogP contribution in [0.1, 0.15) is 88.8 Å². The highest BCUT2D eigenvalue weighted by Crippen LogP contribution is 2.34. The first-order chi connectivity index (χ1) is 19.0. The van der Waals surface area contributed by atoms with Crippen LogP contribution in [-0.2, 0) is 21.9 Å². The highest BCUT2D eigenvalue weighted by atomic mass is 32.2. The summed E-state index contributed by atoms with van der Waals surface area (Å²) < 4.78 is 66.2. The Morgan fingerprint density at radius 2 is 1.68 bits per heavy atom. The largest absolute Gasteiger partial charge is 0.421 e. The highest BCUT2D eigenvalue weighted by Gasteiger charge is 2.35. The minimum Gasteiger partial charge on any atom is -0.369 e. The minimum atomic E-state index is -4.62. The minimum absolute atomic E-state index is 0.0289. The van der Waals surface area contributed by atoms with Crippen LogP contribution in [-0.4, -0.2) is 36.9 Å². The molecule has 13 heteroatoms. The van der Waals surface area contributed by atoms with E-state index in [-0.39, 0.29) is 35.7 Å². The molecular formula is C27H39F3N6O3S. The molecule has 1 fully saturated rings. The fourth-order valence-electron chi connectivity index (χ4n) is 5.00. The van der Waals surface area contributed by atoms with Crippen LogP contribution >= 0.6 is 0 Å². The second kappa shape index (κ2) is 15.2. The van der Waals surface area contributed by atoms with E-state index in [1.807, 2.05) is 19.1 Å². The smallest absolute Gasteiger partial charge is 0.369 e. The monoisotopic (exact) mass is 584 g/mol. The third-order valence-corrected chi connectivity index (χ3v) is 7.68. The van der Waals surface area contributed by atoms with Crippen LogP contribution in [0.25, 0.3) is 0 Å². The summed E-state index contributed by atoms with van der Waals surface area (Å²) in [4.78, 5) is 19.3. The van der Waals surface area contributed by atoms with Crippen LogP contribution in [0.4, 0.5) is 30.6 Å². The molecule has 4 N–H and O–H groups in total. The van der Waals surface area contributed by atoms with Crippen molar-refractivity contribution in [3.05, 3.63) is 41.6 Å². The number of hydrogen-bond acceptors (Lipinski definition) is 7. The Balaban J connectivity index is 1.69. The van der Waals surface area contributed by atoms with Gasteiger partial charge in [0.2, 0.25) is 22.7 Å². The number of benzene rings is 1. The van der Waals surface area contributed by atoms with Gasteiger partial charge in [0.1, 0.15) is 11.4 Å². The number of hydrogen-bond donors (Lipinski definition) is 5. The molecule has 40 heavy (non-hydrogen) atoms. The first-order valence-electron chi connectivity index (χ1n) is 13.7. The quantitative estimate of drug-likeness (QED) is 0.248. The highest BCUT2D eigenvalue weighted by molar-refractivity contribution is 7.70. The number of anilines is 3. The summed E-state index contributed by atoms with van der Waals surface area (Å²) in [6.45, 7) is 3.62. The lowest BCUT2D eigenvalue weighted by molar-refractivity contribution is -0.137. The number of nitrogens with zero attached hydrogens (tertiary/aromatic N) is 2. The summed E-state index contributed by atoms with van der Waals surface area (Å²) in [6, 6.07) is 6.83. The fraction of sp³-hybridized carbons (Fsp3) is 0.593. The third kappa shape index (κ3) is 10.6. The standard InChI is InChI=1S/C27H39F3N6O3S/c1-18(33-19(2)37)21-12-14-22(15-13-21)34-26-32-17-24(27(28,29)30)25(35-26)31-16-20-8-5-3-4-6-10-23(11-7-9-20)36-40(38)39/h12-15,17-18,20,23,40H,3-11,16H2,1-2H3,(H,33,37)(H,36,38,39)(H2,31,32,34,35)/t18-,20?,23?/m1/s1. The maximum absolute atomic E-state index is 13.8. The molecule has 1 heterocycles. The molecule has 2 aromatic rings. The van der Waals surface area contributed by atoms with Crippen LogP contribution in [0.5, 0.6) is 0 Å². The van der Waals surface area contributed by atoms with E-state index in [0.717, 1.165) is 63.1 Å². The van der Waals surface area contributed by atoms with Gasteiger partial charge in [0.25, 0.3) is 0 Å². The van der Waals surface area contributed by atoms with E-state index in [4.69, 9.17) is 0 Å². The second-order valence-electron chi connectivity index (χ2n) is 10.4. The molecular weight excluding hydrogens is 545 g/mol. The average Bonchev–Trinajstić information content (AvgIpc) is 2.92. The summed E-state index contributed by atoms with van der Waals surface area (Å²) in [7, 11) is -2.66. The van der Waals surface area contributed by atoms with Gasteiger partial charge < -0.3 is 16.0 Å². The second-order valence-corrected chi connectivity index (χ2v) is 11.1. The molecule has 9 nitrogen and oxygen atoms in total. The normalized spacial score (nSPS) is 19.9. The van der Waals surface area contributed by atoms with Crippen molar-refractivity contribution in [3.8, 4) is 0 Å². The molecule has 1 aliphatic carbocycles. The van der Waals surface area contributed by atoms with Crippen molar-refractivity contribution in [1.82, 2.24) is 20.0 Å². The van der Waals surface area contributed by atoms with Crippen LogP contribution in [0, 0.1) is 5.92 Å². The molecule has 0 saturated heterocycles. The van der Waals surface area contributed by atoms with Gasteiger partial charge >= 0.3 is 6.18 Å². The number of amides is 1. The third-order valence-electron chi connectivity index (χ3n) is 7.11.